The maximum atomic E-state index is 13.6. The Morgan fingerprint density at radius 1 is 1.09 bits per heavy atom. The topological polar surface area (TPSA) is 41.8 Å². The second-order valence-electron chi connectivity index (χ2n) is 5.73. The van der Waals surface area contributed by atoms with E-state index >= 15 is 0 Å². The van der Waals surface area contributed by atoms with Crippen molar-refractivity contribution in [3.8, 4) is 11.3 Å². The first kappa shape index (κ1) is 14.8. The minimum Gasteiger partial charge on any atom is -0.354 e. The second-order valence-corrected chi connectivity index (χ2v) is 5.73. The van der Waals surface area contributed by atoms with Crippen molar-refractivity contribution < 1.29 is 4.39 Å². The van der Waals surface area contributed by atoms with E-state index in [4.69, 9.17) is 5.73 Å². The van der Waals surface area contributed by atoms with Crippen LogP contribution in [0, 0.1) is 12.7 Å². The number of rotatable bonds is 5. The molecule has 3 N–H and O–H groups in total. The lowest BCUT2D eigenvalue weighted by molar-refractivity contribution is 0.628. The summed E-state index contributed by atoms with van der Waals surface area (Å²) in [6.45, 7) is 2.80. The molecule has 0 atom stereocenters. The lowest BCUT2D eigenvalue weighted by Crippen LogP contribution is -1.99. The number of para-hydroxylation sites is 1. The largest absolute Gasteiger partial charge is 0.354 e. The van der Waals surface area contributed by atoms with Crippen LogP contribution in [0.15, 0.2) is 42.5 Å². The monoisotopic (exact) mass is 296 g/mol. The number of halogens is 1. The van der Waals surface area contributed by atoms with Crippen LogP contribution in [0.25, 0.3) is 22.2 Å². The number of nitrogens with one attached hydrogen (secondary N) is 1. The van der Waals surface area contributed by atoms with E-state index in [-0.39, 0.29) is 5.82 Å². The summed E-state index contributed by atoms with van der Waals surface area (Å²) in [5, 5.41) is 1.23. The predicted molar refractivity (Wildman–Crippen MR) is 90.4 cm³/mol. The third-order valence-electron chi connectivity index (χ3n) is 4.14. The average Bonchev–Trinajstić information content (AvgIpc) is 2.88. The highest BCUT2D eigenvalue weighted by atomic mass is 19.1. The lowest BCUT2D eigenvalue weighted by atomic mass is 9.99. The summed E-state index contributed by atoms with van der Waals surface area (Å²) in [6, 6.07) is 13.1. The van der Waals surface area contributed by atoms with Crippen molar-refractivity contribution in [3.05, 3.63) is 59.4 Å². The third-order valence-corrected chi connectivity index (χ3v) is 4.14. The van der Waals surface area contributed by atoms with Crippen LogP contribution < -0.4 is 5.73 Å². The van der Waals surface area contributed by atoms with E-state index in [0.29, 0.717) is 6.54 Å². The second kappa shape index (κ2) is 6.32. The van der Waals surface area contributed by atoms with Gasteiger partial charge in [0.25, 0.3) is 0 Å². The SMILES string of the molecule is Cc1cccc2c(CCCCN)c(-c3cccc(F)c3)[nH]c12. The molecule has 0 unspecified atom stereocenters. The molecule has 0 aliphatic heterocycles. The van der Waals surface area contributed by atoms with Gasteiger partial charge in [0.05, 0.1) is 0 Å². The van der Waals surface area contributed by atoms with Crippen LogP contribution >= 0.6 is 0 Å². The van der Waals surface area contributed by atoms with Crippen molar-refractivity contribution in [3.63, 3.8) is 0 Å². The number of nitrogens with two attached hydrogens (primary N) is 1. The number of H-pyrrole nitrogens is 1. The van der Waals surface area contributed by atoms with Crippen molar-refractivity contribution in [2.75, 3.05) is 6.54 Å². The van der Waals surface area contributed by atoms with E-state index in [1.54, 1.807) is 12.1 Å². The Labute approximate surface area is 130 Å². The van der Waals surface area contributed by atoms with E-state index in [2.05, 4.69) is 30.1 Å². The van der Waals surface area contributed by atoms with E-state index in [9.17, 15) is 4.39 Å². The molecule has 3 aromatic rings. The van der Waals surface area contributed by atoms with Crippen molar-refractivity contribution in [2.45, 2.75) is 26.2 Å². The highest BCUT2D eigenvalue weighted by Crippen LogP contribution is 2.33. The number of aromatic amines is 1. The van der Waals surface area contributed by atoms with E-state index < -0.39 is 0 Å². The van der Waals surface area contributed by atoms with Gasteiger partial charge in [-0.3, -0.25) is 0 Å². The molecule has 0 aliphatic carbocycles. The first-order valence-corrected chi connectivity index (χ1v) is 7.77. The number of fused-ring (bicyclic) bond motifs is 1. The summed E-state index contributed by atoms with van der Waals surface area (Å²) in [5.74, 6) is -0.208. The van der Waals surface area contributed by atoms with Crippen molar-refractivity contribution >= 4 is 10.9 Å². The molecule has 0 saturated heterocycles. The van der Waals surface area contributed by atoms with Gasteiger partial charge in [0, 0.05) is 22.2 Å². The van der Waals surface area contributed by atoms with Crippen molar-refractivity contribution in [2.24, 2.45) is 5.73 Å². The third kappa shape index (κ3) is 2.77. The molecule has 114 valence electrons. The molecule has 3 rings (SSSR count). The molecule has 0 fully saturated rings. The lowest BCUT2D eigenvalue weighted by Gasteiger charge is -2.05. The van der Waals surface area contributed by atoms with Gasteiger partial charge >= 0.3 is 0 Å². The Hall–Kier alpha value is -2.13. The Kier molecular flexibility index (Phi) is 4.25. The Balaban J connectivity index is 2.15. The van der Waals surface area contributed by atoms with Gasteiger partial charge in [0.2, 0.25) is 0 Å². The fraction of sp³-hybridized carbons (Fsp3) is 0.263. The summed E-state index contributed by atoms with van der Waals surface area (Å²) in [4.78, 5) is 3.50. The zero-order valence-electron chi connectivity index (χ0n) is 12.8. The smallest absolute Gasteiger partial charge is 0.123 e. The minimum atomic E-state index is -0.208. The Bertz CT molecular complexity index is 789. The van der Waals surface area contributed by atoms with Gasteiger partial charge in [-0.15, -0.1) is 0 Å². The summed E-state index contributed by atoms with van der Waals surface area (Å²) in [5.41, 5.74) is 11.2. The van der Waals surface area contributed by atoms with Crippen LogP contribution in [-0.2, 0) is 6.42 Å². The van der Waals surface area contributed by atoms with E-state index in [1.165, 1.54) is 22.6 Å². The standard InChI is InChI=1S/C19H21FN2/c1-13-6-4-10-16-17(9-2-3-11-21)19(22-18(13)16)14-7-5-8-15(20)12-14/h4-8,10,12,22H,2-3,9,11,21H2,1H3. The molecular weight excluding hydrogens is 275 g/mol. The van der Waals surface area contributed by atoms with Gasteiger partial charge in [-0.1, -0.05) is 30.3 Å². The molecule has 0 bridgehead atoms. The predicted octanol–water partition coefficient (Wildman–Crippen LogP) is 4.56. The molecule has 2 aromatic carbocycles. The quantitative estimate of drug-likeness (QED) is 0.666. The van der Waals surface area contributed by atoms with Crippen LogP contribution in [0.2, 0.25) is 0 Å². The number of aromatic nitrogens is 1. The van der Waals surface area contributed by atoms with Crippen molar-refractivity contribution in [1.82, 2.24) is 4.98 Å². The summed E-state index contributed by atoms with van der Waals surface area (Å²) in [6.07, 6.45) is 2.99. The summed E-state index contributed by atoms with van der Waals surface area (Å²) in [7, 11) is 0. The number of hydrogen-bond acceptors (Lipinski definition) is 1. The van der Waals surface area contributed by atoms with Crippen LogP contribution in [0.4, 0.5) is 4.39 Å². The van der Waals surface area contributed by atoms with Gasteiger partial charge in [0.1, 0.15) is 5.82 Å². The molecule has 3 heteroatoms. The van der Waals surface area contributed by atoms with Crippen LogP contribution in [-0.4, -0.2) is 11.5 Å². The fourth-order valence-electron chi connectivity index (χ4n) is 3.02. The first-order chi connectivity index (χ1) is 10.7. The van der Waals surface area contributed by atoms with E-state index in [1.807, 2.05) is 6.07 Å². The van der Waals surface area contributed by atoms with Gasteiger partial charge in [0.15, 0.2) is 0 Å². The average molecular weight is 296 g/mol. The number of aryl methyl sites for hydroxylation is 2. The summed E-state index contributed by atoms with van der Waals surface area (Å²) < 4.78 is 13.6. The van der Waals surface area contributed by atoms with Gasteiger partial charge in [-0.25, -0.2) is 4.39 Å². The van der Waals surface area contributed by atoms with Gasteiger partial charge < -0.3 is 10.7 Å². The molecule has 0 spiro atoms. The zero-order chi connectivity index (χ0) is 15.5. The minimum absolute atomic E-state index is 0.208. The number of unbranched alkanes of at least 4 members (excludes halogenated alkanes) is 1. The van der Waals surface area contributed by atoms with Crippen LogP contribution in [0.1, 0.15) is 24.0 Å². The zero-order valence-corrected chi connectivity index (χ0v) is 12.8. The molecule has 0 amide bonds. The van der Waals surface area contributed by atoms with Crippen LogP contribution in [0.3, 0.4) is 0 Å². The molecular formula is C19H21FN2. The Morgan fingerprint density at radius 2 is 1.91 bits per heavy atom. The van der Waals surface area contributed by atoms with E-state index in [0.717, 1.165) is 36.0 Å². The normalized spacial score (nSPS) is 11.2. The maximum Gasteiger partial charge on any atom is 0.123 e. The molecule has 0 aliphatic rings. The fourth-order valence-corrected chi connectivity index (χ4v) is 3.02. The molecule has 0 radical (unpaired) electrons. The maximum absolute atomic E-state index is 13.6. The highest BCUT2D eigenvalue weighted by Gasteiger charge is 2.14. The van der Waals surface area contributed by atoms with Gasteiger partial charge in [-0.05, 0) is 56.0 Å². The Morgan fingerprint density at radius 3 is 2.68 bits per heavy atom. The van der Waals surface area contributed by atoms with Gasteiger partial charge in [-0.2, -0.15) is 0 Å². The highest BCUT2D eigenvalue weighted by molar-refractivity contribution is 5.92. The number of hydrogen-bond donors (Lipinski definition) is 2. The molecule has 22 heavy (non-hydrogen) atoms. The molecule has 1 aromatic heterocycles. The molecule has 0 saturated carbocycles. The van der Waals surface area contributed by atoms with Crippen LogP contribution in [0.5, 0.6) is 0 Å². The molecule has 1 heterocycles. The van der Waals surface area contributed by atoms with Crippen molar-refractivity contribution in [1.29, 1.82) is 0 Å². The first-order valence-electron chi connectivity index (χ1n) is 7.77. The number of benzene rings is 2. The summed E-state index contributed by atoms with van der Waals surface area (Å²) >= 11 is 0. The molecule has 2 nitrogen and oxygen atoms in total.